The van der Waals surface area contributed by atoms with E-state index in [2.05, 4.69) is 41.5 Å². The number of benzene rings is 1. The van der Waals surface area contributed by atoms with E-state index in [-0.39, 0.29) is 0 Å². The maximum atomic E-state index is 4.65. The number of pyridine rings is 1. The SMILES string of the molecule is CCCNC1CCCCC(c2cccc3cccnc23)C1. The number of rotatable bonds is 4. The fourth-order valence-corrected chi connectivity index (χ4v) is 3.63. The van der Waals surface area contributed by atoms with E-state index < -0.39 is 0 Å². The van der Waals surface area contributed by atoms with Gasteiger partial charge in [0, 0.05) is 17.6 Å². The van der Waals surface area contributed by atoms with Crippen molar-refractivity contribution in [3.63, 3.8) is 0 Å². The quantitative estimate of drug-likeness (QED) is 0.826. The van der Waals surface area contributed by atoms with Gasteiger partial charge in [0.15, 0.2) is 0 Å². The van der Waals surface area contributed by atoms with Crippen molar-refractivity contribution in [3.05, 3.63) is 42.1 Å². The summed E-state index contributed by atoms with van der Waals surface area (Å²) >= 11 is 0. The second-order valence-corrected chi connectivity index (χ2v) is 6.29. The molecule has 21 heavy (non-hydrogen) atoms. The number of aromatic nitrogens is 1. The van der Waals surface area contributed by atoms with Crippen molar-refractivity contribution >= 4 is 10.9 Å². The van der Waals surface area contributed by atoms with Crippen LogP contribution in [-0.4, -0.2) is 17.6 Å². The number of nitrogens with one attached hydrogen (secondary N) is 1. The van der Waals surface area contributed by atoms with Crippen LogP contribution >= 0.6 is 0 Å². The van der Waals surface area contributed by atoms with Crippen molar-refractivity contribution in [2.75, 3.05) is 6.54 Å². The summed E-state index contributed by atoms with van der Waals surface area (Å²) in [6.45, 7) is 3.39. The van der Waals surface area contributed by atoms with Crippen molar-refractivity contribution in [2.45, 2.75) is 57.4 Å². The van der Waals surface area contributed by atoms with Crippen molar-refractivity contribution < 1.29 is 0 Å². The van der Waals surface area contributed by atoms with Crippen LogP contribution in [0.25, 0.3) is 10.9 Å². The van der Waals surface area contributed by atoms with E-state index in [4.69, 9.17) is 0 Å². The van der Waals surface area contributed by atoms with Crippen LogP contribution in [0.5, 0.6) is 0 Å². The van der Waals surface area contributed by atoms with Crippen LogP contribution < -0.4 is 5.32 Å². The molecule has 1 aromatic heterocycles. The van der Waals surface area contributed by atoms with Gasteiger partial charge in [-0.2, -0.15) is 0 Å². The Bertz CT molecular complexity index is 573. The summed E-state index contributed by atoms with van der Waals surface area (Å²) in [5, 5.41) is 5.01. The fraction of sp³-hybridized carbons (Fsp3) is 0.526. The zero-order valence-corrected chi connectivity index (χ0v) is 13.0. The van der Waals surface area contributed by atoms with Crippen LogP contribution in [0.1, 0.15) is 56.9 Å². The van der Waals surface area contributed by atoms with Crippen molar-refractivity contribution in [1.82, 2.24) is 10.3 Å². The third kappa shape index (κ3) is 3.44. The summed E-state index contributed by atoms with van der Waals surface area (Å²) in [5.41, 5.74) is 2.67. The molecule has 1 heterocycles. The molecule has 3 rings (SSSR count). The molecule has 2 heteroatoms. The Hall–Kier alpha value is -1.41. The van der Waals surface area contributed by atoms with Gasteiger partial charge >= 0.3 is 0 Å². The average Bonchev–Trinajstić information content (AvgIpc) is 2.78. The second-order valence-electron chi connectivity index (χ2n) is 6.29. The van der Waals surface area contributed by atoms with Crippen molar-refractivity contribution in [2.24, 2.45) is 0 Å². The highest BCUT2D eigenvalue weighted by Gasteiger charge is 2.22. The molecule has 0 bridgehead atoms. The van der Waals surface area contributed by atoms with E-state index in [1.54, 1.807) is 0 Å². The molecular formula is C19H26N2. The first-order chi connectivity index (χ1) is 10.4. The largest absolute Gasteiger partial charge is 0.314 e. The molecule has 2 unspecified atom stereocenters. The molecule has 1 aliphatic rings. The minimum Gasteiger partial charge on any atom is -0.314 e. The average molecular weight is 282 g/mol. The number of para-hydroxylation sites is 1. The highest BCUT2D eigenvalue weighted by Crippen LogP contribution is 2.34. The van der Waals surface area contributed by atoms with E-state index >= 15 is 0 Å². The number of hydrogen-bond acceptors (Lipinski definition) is 2. The normalized spacial score (nSPS) is 23.1. The Labute approximate surface area is 128 Å². The van der Waals surface area contributed by atoms with Gasteiger partial charge in [-0.3, -0.25) is 4.98 Å². The first kappa shape index (κ1) is 14.5. The lowest BCUT2D eigenvalue weighted by Gasteiger charge is -2.22. The summed E-state index contributed by atoms with van der Waals surface area (Å²) in [6, 6.07) is 11.5. The highest BCUT2D eigenvalue weighted by atomic mass is 14.9. The molecule has 1 saturated carbocycles. The van der Waals surface area contributed by atoms with Crippen LogP contribution in [-0.2, 0) is 0 Å². The van der Waals surface area contributed by atoms with Gasteiger partial charge in [0.25, 0.3) is 0 Å². The molecule has 0 aliphatic heterocycles. The molecule has 0 spiro atoms. The Morgan fingerprint density at radius 3 is 2.90 bits per heavy atom. The van der Waals surface area contributed by atoms with E-state index in [9.17, 15) is 0 Å². The molecule has 1 aliphatic carbocycles. The lowest BCUT2D eigenvalue weighted by atomic mass is 9.88. The smallest absolute Gasteiger partial charge is 0.0736 e. The third-order valence-corrected chi connectivity index (χ3v) is 4.71. The molecule has 0 radical (unpaired) electrons. The maximum absolute atomic E-state index is 4.65. The topological polar surface area (TPSA) is 24.9 Å². The molecule has 2 nitrogen and oxygen atoms in total. The van der Waals surface area contributed by atoms with Crippen LogP contribution in [0.3, 0.4) is 0 Å². The zero-order chi connectivity index (χ0) is 14.5. The molecule has 1 fully saturated rings. The minimum atomic E-state index is 0.653. The number of nitrogens with zero attached hydrogens (tertiary/aromatic N) is 1. The maximum Gasteiger partial charge on any atom is 0.0736 e. The Kier molecular flexibility index (Phi) is 4.87. The molecular weight excluding hydrogens is 256 g/mol. The Morgan fingerprint density at radius 1 is 1.14 bits per heavy atom. The lowest BCUT2D eigenvalue weighted by Crippen LogP contribution is -2.30. The zero-order valence-electron chi connectivity index (χ0n) is 13.0. The highest BCUT2D eigenvalue weighted by molar-refractivity contribution is 5.82. The molecule has 1 N–H and O–H groups in total. The van der Waals surface area contributed by atoms with Gasteiger partial charge in [-0.25, -0.2) is 0 Å². The standard InChI is InChI=1S/C19H26N2/c1-2-12-20-17-10-4-3-7-16(14-17)18-11-5-8-15-9-6-13-21-19(15)18/h5-6,8-9,11,13,16-17,20H,2-4,7,10,12,14H2,1H3. The van der Waals surface area contributed by atoms with E-state index in [0.29, 0.717) is 12.0 Å². The van der Waals surface area contributed by atoms with Gasteiger partial charge in [0.2, 0.25) is 0 Å². The predicted octanol–water partition coefficient (Wildman–Crippen LogP) is 4.65. The first-order valence-electron chi connectivity index (χ1n) is 8.45. The van der Waals surface area contributed by atoms with Gasteiger partial charge in [-0.1, -0.05) is 44.0 Å². The summed E-state index contributed by atoms with van der Waals surface area (Å²) in [4.78, 5) is 4.65. The summed E-state index contributed by atoms with van der Waals surface area (Å²) in [6.07, 6.45) is 9.74. The summed E-state index contributed by atoms with van der Waals surface area (Å²) < 4.78 is 0. The van der Waals surface area contributed by atoms with Crippen LogP contribution in [0.4, 0.5) is 0 Å². The third-order valence-electron chi connectivity index (χ3n) is 4.71. The van der Waals surface area contributed by atoms with E-state index in [1.807, 2.05) is 12.3 Å². The van der Waals surface area contributed by atoms with Crippen molar-refractivity contribution in [3.8, 4) is 0 Å². The van der Waals surface area contributed by atoms with Gasteiger partial charge in [0.05, 0.1) is 5.52 Å². The molecule has 1 aromatic carbocycles. The monoisotopic (exact) mass is 282 g/mol. The fourth-order valence-electron chi connectivity index (χ4n) is 3.63. The Morgan fingerprint density at radius 2 is 2.00 bits per heavy atom. The Balaban J connectivity index is 1.86. The summed E-state index contributed by atoms with van der Waals surface area (Å²) in [5.74, 6) is 0.653. The molecule has 0 saturated heterocycles. The second kappa shape index (κ2) is 7.04. The molecule has 0 amide bonds. The van der Waals surface area contributed by atoms with Gasteiger partial charge in [-0.05, 0) is 49.8 Å². The number of fused-ring (bicyclic) bond motifs is 1. The summed E-state index contributed by atoms with van der Waals surface area (Å²) in [7, 11) is 0. The minimum absolute atomic E-state index is 0.653. The molecule has 2 aromatic rings. The van der Waals surface area contributed by atoms with Gasteiger partial charge in [-0.15, -0.1) is 0 Å². The molecule has 112 valence electrons. The van der Waals surface area contributed by atoms with Crippen LogP contribution in [0.2, 0.25) is 0 Å². The van der Waals surface area contributed by atoms with E-state index in [1.165, 1.54) is 55.0 Å². The first-order valence-corrected chi connectivity index (χ1v) is 8.45. The predicted molar refractivity (Wildman–Crippen MR) is 89.7 cm³/mol. The van der Waals surface area contributed by atoms with Crippen LogP contribution in [0.15, 0.2) is 36.5 Å². The van der Waals surface area contributed by atoms with E-state index in [0.717, 1.165) is 6.54 Å². The van der Waals surface area contributed by atoms with Gasteiger partial charge < -0.3 is 5.32 Å². The molecule has 2 atom stereocenters. The van der Waals surface area contributed by atoms with Gasteiger partial charge in [0.1, 0.15) is 0 Å². The number of hydrogen-bond donors (Lipinski definition) is 1. The lowest BCUT2D eigenvalue weighted by molar-refractivity contribution is 0.440. The van der Waals surface area contributed by atoms with Crippen LogP contribution in [0, 0.1) is 0 Å². The van der Waals surface area contributed by atoms with Crippen molar-refractivity contribution in [1.29, 1.82) is 0 Å².